The number of allylic oxidation sites excluding steroid dienone is 3. The third-order valence-electron chi connectivity index (χ3n) is 13.8. The highest BCUT2D eigenvalue weighted by Crippen LogP contribution is 2.50. The molecule has 18 nitrogen and oxygen atoms in total. The van der Waals surface area contributed by atoms with Crippen LogP contribution in [0.3, 0.4) is 0 Å². The number of aliphatic hydroxyl groups excluding tert-OH is 1. The van der Waals surface area contributed by atoms with E-state index < -0.39 is 65.5 Å². The molecule has 1 aromatic carbocycles. The number of esters is 1. The summed E-state index contributed by atoms with van der Waals surface area (Å²) >= 11 is 6.81. The van der Waals surface area contributed by atoms with Gasteiger partial charge in [0.1, 0.15) is 52.6 Å². The van der Waals surface area contributed by atoms with Gasteiger partial charge < -0.3 is 53.9 Å². The molecule has 2 saturated heterocycles. The van der Waals surface area contributed by atoms with Crippen LogP contribution in [0.1, 0.15) is 84.6 Å². The average molecular weight is 943 g/mol. The van der Waals surface area contributed by atoms with Crippen LogP contribution in [0.15, 0.2) is 48.1 Å². The van der Waals surface area contributed by atoms with Crippen molar-refractivity contribution >= 4 is 53.0 Å². The number of hydrogen-bond donors (Lipinski definition) is 4. The highest BCUT2D eigenvalue weighted by molar-refractivity contribution is 6.35. The number of halogens is 1. The van der Waals surface area contributed by atoms with Crippen LogP contribution in [0, 0.1) is 11.8 Å². The first-order valence-corrected chi connectivity index (χ1v) is 22.8. The van der Waals surface area contributed by atoms with Gasteiger partial charge in [0, 0.05) is 65.6 Å². The van der Waals surface area contributed by atoms with Crippen molar-refractivity contribution < 1.29 is 62.7 Å². The first kappa shape index (κ1) is 50.4. The molecule has 2 unspecified atom stereocenters. The Morgan fingerprint density at radius 1 is 1.09 bits per heavy atom. The van der Waals surface area contributed by atoms with Gasteiger partial charge in [-0.15, -0.1) is 0 Å². The molecule has 5 amide bonds. The van der Waals surface area contributed by atoms with Crippen LogP contribution in [0.2, 0.25) is 5.02 Å². The smallest absolute Gasteiger partial charge is 0.409 e. The first-order valence-electron chi connectivity index (χ1n) is 22.4. The van der Waals surface area contributed by atoms with Crippen molar-refractivity contribution in [1.82, 2.24) is 20.4 Å². The maximum atomic E-state index is 14.3. The van der Waals surface area contributed by atoms with Gasteiger partial charge in [0.15, 0.2) is 5.72 Å². The standard InChI is InChI=1S/C47H64ClN5O13/c1-27-10-9-11-34(63-8)47(61)24-36(65-44(60)50-47)46(4)26-45(3,66-46)35(23-40(57)52(6)32-21-30(20-27)22-33(62-7)41(32)48)64-43(59)28(2)51(5)42(58)31-14-12-29(13-15-31)25-49-37(54)18-19-53-38(55)16-17-39(53)56/h9-11,16-17,21-22,28-29,31,34-36,38,55,61H,12-15,18-20,23-26H2,1-8H3,(H,49,54)(H,50,60)/b11-9+,27-10+/t28-,29-,31-,34+,35-,36-,38?,45+,46?,47-/m0/s1. The molecule has 1 aliphatic carbocycles. The summed E-state index contributed by atoms with van der Waals surface area (Å²) in [5, 5.41) is 27.3. The Morgan fingerprint density at radius 2 is 1.79 bits per heavy atom. The molecule has 5 heterocycles. The zero-order valence-corrected chi connectivity index (χ0v) is 39.7. The number of amides is 5. The fourth-order valence-electron chi connectivity index (χ4n) is 9.70. The molecule has 4 N–H and O–H groups in total. The normalized spacial score (nSPS) is 33.1. The topological polar surface area (TPSA) is 223 Å². The third-order valence-corrected chi connectivity index (χ3v) is 14.1. The molecule has 0 spiro atoms. The van der Waals surface area contributed by atoms with Crippen molar-refractivity contribution in [2.75, 3.05) is 46.3 Å². The first-order chi connectivity index (χ1) is 31.1. The second-order valence-electron chi connectivity index (χ2n) is 18.7. The molecule has 6 bridgehead atoms. The summed E-state index contributed by atoms with van der Waals surface area (Å²) in [6.45, 7) is 7.39. The number of likely N-dealkylation sites (N-methyl/N-ethyl adjacent to an activating group) is 1. The predicted octanol–water partition coefficient (Wildman–Crippen LogP) is 3.69. The lowest BCUT2D eigenvalue weighted by molar-refractivity contribution is -0.328. The quantitative estimate of drug-likeness (QED) is 0.233. The molecule has 0 radical (unpaired) electrons. The lowest BCUT2D eigenvalue weighted by atomic mass is 9.72. The number of aliphatic hydroxyl groups is 2. The second kappa shape index (κ2) is 20.5. The fourth-order valence-corrected chi connectivity index (χ4v) is 10.0. The Kier molecular flexibility index (Phi) is 15.6. The van der Waals surface area contributed by atoms with E-state index in [2.05, 4.69) is 10.6 Å². The van der Waals surface area contributed by atoms with Crippen molar-refractivity contribution in [1.29, 1.82) is 0 Å². The largest absolute Gasteiger partial charge is 0.495 e. The molecule has 1 saturated carbocycles. The second-order valence-corrected chi connectivity index (χ2v) is 19.1. The number of carbonyl (C=O) groups excluding carboxylic acids is 6. The van der Waals surface area contributed by atoms with E-state index in [1.165, 1.54) is 48.1 Å². The van der Waals surface area contributed by atoms with Crippen LogP contribution in [0.25, 0.3) is 0 Å². The van der Waals surface area contributed by atoms with Crippen LogP contribution in [0.5, 0.6) is 5.75 Å². The lowest BCUT2D eigenvalue weighted by Gasteiger charge is -2.59. The number of methoxy groups -OCH3 is 2. The molecule has 0 aromatic heterocycles. The number of anilines is 1. The van der Waals surface area contributed by atoms with Gasteiger partial charge in [-0.1, -0.05) is 35.4 Å². The van der Waals surface area contributed by atoms with E-state index in [1.54, 1.807) is 52.1 Å². The van der Waals surface area contributed by atoms with Gasteiger partial charge in [-0.2, -0.15) is 0 Å². The molecular formula is C47H64ClN5O13. The van der Waals surface area contributed by atoms with E-state index in [0.717, 1.165) is 11.1 Å². The lowest BCUT2D eigenvalue weighted by Crippen LogP contribution is -2.72. The minimum absolute atomic E-state index is 0.0495. The molecule has 66 heavy (non-hydrogen) atoms. The molecule has 19 heteroatoms. The number of alkyl carbamates (subject to hydrolysis) is 1. The summed E-state index contributed by atoms with van der Waals surface area (Å²) in [6.07, 6.45) is 5.33. The van der Waals surface area contributed by atoms with Gasteiger partial charge in [0.25, 0.3) is 0 Å². The van der Waals surface area contributed by atoms with Gasteiger partial charge in [-0.05, 0) is 89.5 Å². The van der Waals surface area contributed by atoms with Gasteiger partial charge in [-0.3, -0.25) is 24.5 Å². The van der Waals surface area contributed by atoms with Gasteiger partial charge in [0.2, 0.25) is 23.6 Å². The van der Waals surface area contributed by atoms with Crippen molar-refractivity contribution in [2.45, 2.75) is 133 Å². The minimum atomic E-state index is -1.89. The fraction of sp³-hybridized carbons (Fsp3) is 0.617. The number of carbonyl (C=O) groups is 6. The van der Waals surface area contributed by atoms with Crippen LogP contribution in [-0.2, 0) is 49.3 Å². The van der Waals surface area contributed by atoms with Gasteiger partial charge in [-0.25, -0.2) is 9.59 Å². The summed E-state index contributed by atoms with van der Waals surface area (Å²) in [7, 11) is 6.00. The van der Waals surface area contributed by atoms with E-state index in [0.29, 0.717) is 50.1 Å². The summed E-state index contributed by atoms with van der Waals surface area (Å²) in [6, 6.07) is 2.50. The maximum absolute atomic E-state index is 14.3. The minimum Gasteiger partial charge on any atom is -0.495 e. The van der Waals surface area contributed by atoms with Crippen molar-refractivity contribution in [3.8, 4) is 5.75 Å². The number of ether oxygens (including phenoxy) is 5. The Bertz CT molecular complexity index is 2130. The third kappa shape index (κ3) is 11.0. The Labute approximate surface area is 390 Å². The van der Waals surface area contributed by atoms with E-state index >= 15 is 0 Å². The van der Waals surface area contributed by atoms with Crippen molar-refractivity contribution in [3.63, 3.8) is 0 Å². The average Bonchev–Trinajstić information content (AvgIpc) is 3.59. The SMILES string of the molecule is COc1cc2cc(c1Cl)N(C)C(=O)C[C@H](OC(=O)[C@H](C)N(C)C(=O)[C@H]1CC[C@H](CNC(=O)CCN3C(=O)C=CC3O)CC1)[C@@]1(C)CC(C)(O1)[C@@H]1C[C@@](O)(NC(=O)O1)[C@H](OC)/C=C/C=C(\C)C2. The number of benzene rings is 1. The van der Waals surface area contributed by atoms with E-state index in [4.69, 9.17) is 35.3 Å². The summed E-state index contributed by atoms with van der Waals surface area (Å²) < 4.78 is 29.8. The summed E-state index contributed by atoms with van der Waals surface area (Å²) in [4.78, 5) is 83.7. The molecule has 6 aliphatic rings. The maximum Gasteiger partial charge on any atom is 0.409 e. The monoisotopic (exact) mass is 941 g/mol. The molecule has 1 aromatic rings. The molecule has 5 aliphatic heterocycles. The molecule has 7 rings (SSSR count). The highest BCUT2D eigenvalue weighted by Gasteiger charge is 2.63. The van der Waals surface area contributed by atoms with E-state index in [9.17, 15) is 39.0 Å². The van der Waals surface area contributed by atoms with Crippen LogP contribution in [-0.4, -0.2) is 145 Å². The number of fused-ring (bicyclic) bond motifs is 6. The number of hydrogen-bond acceptors (Lipinski definition) is 13. The zero-order valence-electron chi connectivity index (χ0n) is 39.0. The highest BCUT2D eigenvalue weighted by atomic mass is 35.5. The number of nitrogens with one attached hydrogen (secondary N) is 2. The van der Waals surface area contributed by atoms with Crippen LogP contribution >= 0.6 is 11.6 Å². The molecule has 3 fully saturated rings. The van der Waals surface area contributed by atoms with Gasteiger partial charge in [0.05, 0.1) is 19.2 Å². The van der Waals surface area contributed by atoms with E-state index in [-0.39, 0.29) is 66.8 Å². The Balaban J connectivity index is 1.16. The Hall–Kier alpha value is -5.01. The van der Waals surface area contributed by atoms with Crippen LogP contribution in [0.4, 0.5) is 10.5 Å². The molecule has 362 valence electrons. The molecular weight excluding hydrogens is 878 g/mol. The predicted molar refractivity (Wildman–Crippen MR) is 241 cm³/mol. The van der Waals surface area contributed by atoms with Crippen molar-refractivity contribution in [2.24, 2.45) is 11.8 Å². The van der Waals surface area contributed by atoms with E-state index in [1.807, 2.05) is 13.0 Å². The van der Waals surface area contributed by atoms with Crippen LogP contribution < -0.4 is 20.3 Å². The zero-order chi connectivity index (χ0) is 48.3. The number of rotatable bonds is 11. The summed E-state index contributed by atoms with van der Waals surface area (Å²) in [5.74, 6) is -1.93. The Morgan fingerprint density at radius 3 is 2.42 bits per heavy atom. The number of nitrogens with zero attached hydrogens (tertiary/aromatic N) is 3. The summed E-state index contributed by atoms with van der Waals surface area (Å²) in [5.41, 5.74) is -2.33. The van der Waals surface area contributed by atoms with Gasteiger partial charge >= 0.3 is 12.1 Å². The van der Waals surface area contributed by atoms with Crippen molar-refractivity contribution in [3.05, 3.63) is 58.7 Å². The molecule has 8 atom stereocenters.